The van der Waals surface area contributed by atoms with Crippen LogP contribution in [0.2, 0.25) is 5.02 Å². The van der Waals surface area contributed by atoms with E-state index >= 15 is 4.39 Å². The number of hydrogen-bond acceptors (Lipinski definition) is 14. The van der Waals surface area contributed by atoms with Gasteiger partial charge in [0, 0.05) is 66.1 Å². The fourth-order valence-corrected chi connectivity index (χ4v) is 8.77. The zero-order valence-electron chi connectivity index (χ0n) is 39.5. The van der Waals surface area contributed by atoms with Crippen molar-refractivity contribution in [2.75, 3.05) is 52.4 Å². The molecule has 0 bridgehead atoms. The molecule has 71 heavy (non-hydrogen) atoms. The predicted octanol–water partition coefficient (Wildman–Crippen LogP) is 7.96. The molecular formula is C52H54ClFN10O7. The maximum atomic E-state index is 15.6. The maximum absolute atomic E-state index is 15.6. The number of para-hydroxylation sites is 1. The standard InChI is InChI=1S/C52H54ClFN10O7/c1-62(2)19-8-9-37(65)23-34-24-42-44(27-48(34)71-39-18-22-69-31-39)55-32-56-51(42)57-35-25-41(50(54)43(53)26-35)33-12-14-38(15-13-33)70-21-7-3-6-20-68-30-36-28-63(61-59-36)29-45-40-10-4-5-11-46(40)64(60-45)47-16-17-49(66)58-52(47)67/h4-5,8-15,24-28,32,39,47H,3,6-7,16-23,29-31H2,1-2H3,(H,55,56,57)(H,58,66,67)/b9-8+. The van der Waals surface area contributed by atoms with Gasteiger partial charge in [-0.1, -0.05) is 53.2 Å². The summed E-state index contributed by atoms with van der Waals surface area (Å²) in [5, 5.41) is 20.5. The monoisotopic (exact) mass is 984 g/mol. The van der Waals surface area contributed by atoms with Gasteiger partial charge in [0.25, 0.3) is 5.91 Å². The normalized spacial score (nSPS) is 16.1. The zero-order chi connectivity index (χ0) is 49.3. The van der Waals surface area contributed by atoms with Crippen LogP contribution in [0.4, 0.5) is 15.9 Å². The molecule has 2 aliphatic heterocycles. The van der Waals surface area contributed by atoms with E-state index in [4.69, 9.17) is 35.6 Å². The highest BCUT2D eigenvalue weighted by Crippen LogP contribution is 2.36. The number of amides is 2. The molecule has 2 fully saturated rings. The molecule has 0 saturated carbocycles. The number of aromatic nitrogens is 7. The number of nitrogens with one attached hydrogen (secondary N) is 2. The van der Waals surface area contributed by atoms with E-state index in [9.17, 15) is 14.4 Å². The van der Waals surface area contributed by atoms with Crippen LogP contribution in [0.3, 0.4) is 0 Å². The van der Waals surface area contributed by atoms with E-state index in [0.29, 0.717) is 109 Å². The Labute approximate surface area is 414 Å². The number of hydrogen-bond donors (Lipinski definition) is 2. The van der Waals surface area contributed by atoms with Crippen LogP contribution in [0.1, 0.15) is 61.5 Å². The summed E-state index contributed by atoms with van der Waals surface area (Å²) in [4.78, 5) is 48.4. The molecule has 2 amide bonds. The van der Waals surface area contributed by atoms with E-state index in [0.717, 1.165) is 42.3 Å². The van der Waals surface area contributed by atoms with E-state index in [1.54, 1.807) is 45.8 Å². The molecule has 368 valence electrons. The van der Waals surface area contributed by atoms with Gasteiger partial charge in [0.05, 0.1) is 60.9 Å². The smallest absolute Gasteiger partial charge is 0.251 e. The lowest BCUT2D eigenvalue weighted by Crippen LogP contribution is -2.42. The molecule has 3 aromatic heterocycles. The number of piperidine rings is 1. The van der Waals surface area contributed by atoms with Gasteiger partial charge >= 0.3 is 0 Å². The van der Waals surface area contributed by atoms with Crippen LogP contribution in [-0.4, -0.2) is 110 Å². The summed E-state index contributed by atoms with van der Waals surface area (Å²) in [5.74, 6) is 0.431. The number of rotatable bonds is 22. The van der Waals surface area contributed by atoms with Gasteiger partial charge in [-0.15, -0.1) is 5.10 Å². The Morgan fingerprint density at radius 3 is 2.68 bits per heavy atom. The molecule has 4 aromatic carbocycles. The van der Waals surface area contributed by atoms with Crippen LogP contribution in [0.25, 0.3) is 32.9 Å². The molecular weight excluding hydrogens is 931 g/mol. The molecule has 19 heteroatoms. The fourth-order valence-electron chi connectivity index (χ4n) is 8.55. The number of carbonyl (C=O) groups is 3. The second-order valence-electron chi connectivity index (χ2n) is 17.8. The van der Waals surface area contributed by atoms with E-state index < -0.39 is 11.9 Å². The van der Waals surface area contributed by atoms with Crippen LogP contribution >= 0.6 is 11.6 Å². The van der Waals surface area contributed by atoms with Crippen molar-refractivity contribution < 1.29 is 37.7 Å². The Morgan fingerprint density at radius 1 is 1.01 bits per heavy atom. The third-order valence-corrected chi connectivity index (χ3v) is 12.4. The minimum absolute atomic E-state index is 0.0629. The van der Waals surface area contributed by atoms with Crippen molar-refractivity contribution in [1.29, 1.82) is 0 Å². The third kappa shape index (κ3) is 12.3. The molecule has 2 atom stereocenters. The first-order valence-corrected chi connectivity index (χ1v) is 24.0. The lowest BCUT2D eigenvalue weighted by atomic mass is 10.0. The first-order valence-electron chi connectivity index (χ1n) is 23.7. The third-order valence-electron chi connectivity index (χ3n) is 12.1. The maximum Gasteiger partial charge on any atom is 0.251 e. The van der Waals surface area contributed by atoms with Gasteiger partial charge in [0.1, 0.15) is 47.3 Å². The summed E-state index contributed by atoms with van der Waals surface area (Å²) in [7, 11) is 3.87. The second kappa shape index (κ2) is 22.7. The van der Waals surface area contributed by atoms with Crippen molar-refractivity contribution in [2.24, 2.45) is 0 Å². The SMILES string of the molecule is CN(C)C/C=C/C(=O)Cc1cc2c(Nc3cc(Cl)c(F)c(-c4ccc(OCCCCCOCc5cn(Cc6nn(C7CCC(=O)NC7=O)c7ccccc67)nn5)cc4)c3)ncnc2cc1OC1CCOC1. The Bertz CT molecular complexity index is 3060. The number of carbonyl (C=O) groups excluding carboxylic acids is 3. The van der Waals surface area contributed by atoms with Crippen molar-refractivity contribution in [3.63, 3.8) is 0 Å². The van der Waals surface area contributed by atoms with E-state index in [1.165, 1.54) is 12.4 Å². The summed E-state index contributed by atoms with van der Waals surface area (Å²) < 4.78 is 42.8. The van der Waals surface area contributed by atoms with Gasteiger partial charge < -0.3 is 29.2 Å². The van der Waals surface area contributed by atoms with Gasteiger partial charge in [0.2, 0.25) is 5.91 Å². The molecule has 0 spiro atoms. The highest BCUT2D eigenvalue weighted by atomic mass is 35.5. The minimum atomic E-state index is -0.561. The number of anilines is 2. The van der Waals surface area contributed by atoms with Crippen LogP contribution in [0.5, 0.6) is 11.5 Å². The molecule has 9 rings (SSSR count). The molecule has 7 aromatic rings. The fraction of sp³-hybridized carbons (Fsp3) is 0.346. The number of benzene rings is 4. The Hall–Kier alpha value is -7.12. The average molecular weight is 986 g/mol. The number of likely N-dealkylation sites (N-methyl/N-ethyl adjacent to an activating group) is 1. The lowest BCUT2D eigenvalue weighted by Gasteiger charge is -2.21. The number of halogens is 2. The second-order valence-corrected chi connectivity index (χ2v) is 18.2. The average Bonchev–Trinajstić information content (AvgIpc) is 4.13. The van der Waals surface area contributed by atoms with Gasteiger partial charge in [-0.3, -0.25) is 24.4 Å². The molecule has 2 unspecified atom stereocenters. The summed E-state index contributed by atoms with van der Waals surface area (Å²) in [6.07, 6.45) is 10.6. The first-order chi connectivity index (χ1) is 34.5. The quantitative estimate of drug-likeness (QED) is 0.0378. The Balaban J connectivity index is 0.754. The van der Waals surface area contributed by atoms with Crippen molar-refractivity contribution in [3.8, 4) is 22.6 Å². The van der Waals surface area contributed by atoms with Crippen molar-refractivity contribution in [1.82, 2.24) is 45.0 Å². The van der Waals surface area contributed by atoms with Crippen molar-refractivity contribution in [2.45, 2.75) is 70.2 Å². The number of ether oxygens (including phenoxy) is 4. The topological polar surface area (TPSA) is 190 Å². The summed E-state index contributed by atoms with van der Waals surface area (Å²) >= 11 is 6.48. The molecule has 0 radical (unpaired) electrons. The van der Waals surface area contributed by atoms with Gasteiger partial charge in [-0.2, -0.15) is 5.10 Å². The first kappa shape index (κ1) is 48.9. The molecule has 2 aliphatic rings. The number of unbranched alkanes of at least 4 members (excludes halogenated alkanes) is 2. The molecule has 5 heterocycles. The van der Waals surface area contributed by atoms with E-state index in [1.807, 2.05) is 67.7 Å². The molecule has 0 aliphatic carbocycles. The molecule has 17 nitrogen and oxygen atoms in total. The van der Waals surface area contributed by atoms with Crippen molar-refractivity contribution in [3.05, 3.63) is 125 Å². The van der Waals surface area contributed by atoms with E-state index in [2.05, 4.69) is 30.9 Å². The Morgan fingerprint density at radius 2 is 1.86 bits per heavy atom. The highest BCUT2D eigenvalue weighted by Gasteiger charge is 2.31. The van der Waals surface area contributed by atoms with Crippen molar-refractivity contribution >= 4 is 62.5 Å². The highest BCUT2D eigenvalue weighted by molar-refractivity contribution is 6.31. The molecule has 2 N–H and O–H groups in total. The number of nitrogens with zero attached hydrogens (tertiary/aromatic N) is 8. The number of allylic oxidation sites excluding steroid dienone is 1. The Kier molecular flexibility index (Phi) is 15.7. The molecule has 2 saturated heterocycles. The van der Waals surface area contributed by atoms with Crippen LogP contribution < -0.4 is 20.1 Å². The van der Waals surface area contributed by atoms with Gasteiger partial charge in [-0.25, -0.2) is 19.0 Å². The van der Waals surface area contributed by atoms with Gasteiger partial charge in [0.15, 0.2) is 5.78 Å². The van der Waals surface area contributed by atoms with Gasteiger partial charge in [-0.05, 0) is 87.8 Å². The zero-order valence-corrected chi connectivity index (χ0v) is 40.2. The van der Waals surface area contributed by atoms with Crippen LogP contribution in [0, 0.1) is 5.82 Å². The summed E-state index contributed by atoms with van der Waals surface area (Å²) in [6, 6.07) is 21.2. The summed E-state index contributed by atoms with van der Waals surface area (Å²) in [5.41, 5.74) is 4.97. The van der Waals surface area contributed by atoms with E-state index in [-0.39, 0.29) is 41.6 Å². The van der Waals surface area contributed by atoms with Crippen LogP contribution in [0.15, 0.2) is 97.5 Å². The van der Waals surface area contributed by atoms with Crippen LogP contribution in [-0.2, 0) is 43.4 Å². The predicted molar refractivity (Wildman–Crippen MR) is 265 cm³/mol. The number of imide groups is 1. The lowest BCUT2D eigenvalue weighted by molar-refractivity contribution is -0.135. The number of fused-ring (bicyclic) bond motifs is 2. The number of ketones is 1. The largest absolute Gasteiger partial charge is 0.494 e. The minimum Gasteiger partial charge on any atom is -0.494 e. The summed E-state index contributed by atoms with van der Waals surface area (Å²) in [6.45, 7) is 3.43.